The normalized spacial score (nSPS) is 8.50. The van der Waals surface area contributed by atoms with E-state index in [-0.39, 0.29) is 0 Å². The Kier molecular flexibility index (Phi) is 13.8. The van der Waals surface area contributed by atoms with E-state index in [1.54, 1.807) is 6.26 Å². The second-order valence-corrected chi connectivity index (χ2v) is 1.88. The fourth-order valence-corrected chi connectivity index (χ4v) is 0.282. The van der Waals surface area contributed by atoms with E-state index in [1.807, 2.05) is 13.0 Å². The monoisotopic (exact) mass is 172 g/mol. The zero-order valence-corrected chi connectivity index (χ0v) is 7.62. The Morgan fingerprint density at radius 1 is 1.67 bits per heavy atom. The quantitative estimate of drug-likeness (QED) is 0.401. The van der Waals surface area contributed by atoms with Crippen molar-refractivity contribution in [1.29, 1.82) is 0 Å². The van der Waals surface area contributed by atoms with Crippen LogP contribution in [0, 0.1) is 0 Å². The Bertz CT molecular complexity index is 139. The molecule has 3 heteroatoms. The Morgan fingerprint density at radius 2 is 2.17 bits per heavy atom. The molecule has 0 atom stereocenters. The lowest BCUT2D eigenvalue weighted by Gasteiger charge is -1.91. The Morgan fingerprint density at radius 3 is 2.42 bits per heavy atom. The Balaban J connectivity index is 0. The van der Waals surface area contributed by atoms with Gasteiger partial charge in [0.05, 0.1) is 12.9 Å². The van der Waals surface area contributed by atoms with E-state index >= 15 is 0 Å². The van der Waals surface area contributed by atoms with Crippen LogP contribution in [0.3, 0.4) is 0 Å². The molecule has 3 nitrogen and oxygen atoms in total. The molecule has 0 bridgehead atoms. The molecule has 0 aliphatic heterocycles. The molecule has 12 heavy (non-hydrogen) atoms. The van der Waals surface area contributed by atoms with Crippen molar-refractivity contribution in [1.82, 2.24) is 0 Å². The number of hydrogen-bond acceptors (Lipinski definition) is 2. The number of carbonyl (C=O) groups is 1. The minimum atomic E-state index is -0.981. The van der Waals surface area contributed by atoms with Crippen molar-refractivity contribution in [2.45, 2.75) is 20.3 Å². The number of rotatable bonds is 4. The maximum Gasteiger partial charge on any atom is 0.327 e. The van der Waals surface area contributed by atoms with Gasteiger partial charge in [0.15, 0.2) is 0 Å². The molecule has 0 aromatic heterocycles. The molecule has 0 aromatic rings. The molecule has 0 amide bonds. The lowest BCUT2D eigenvalue weighted by molar-refractivity contribution is -0.131. The SMILES string of the molecule is C=CC(=O)O.CC=COCCC. The first-order valence-electron chi connectivity index (χ1n) is 3.77. The van der Waals surface area contributed by atoms with Gasteiger partial charge in [-0.3, -0.25) is 0 Å². The average molecular weight is 172 g/mol. The molecule has 0 aromatic carbocycles. The maximum atomic E-state index is 9.25. The molecular formula is C9H16O3. The Labute approximate surface area is 73.4 Å². The molecule has 0 unspecified atom stereocenters. The van der Waals surface area contributed by atoms with Crippen LogP contribution in [0.15, 0.2) is 25.0 Å². The second-order valence-electron chi connectivity index (χ2n) is 1.88. The van der Waals surface area contributed by atoms with Crippen molar-refractivity contribution in [3.63, 3.8) is 0 Å². The van der Waals surface area contributed by atoms with Gasteiger partial charge in [-0.1, -0.05) is 19.6 Å². The standard InChI is InChI=1S/C6H12O.C3H4O2/c1-3-5-7-6-4-2;1-2-3(4)5/h3,5H,4,6H2,1-2H3;2H,1H2,(H,4,5). The van der Waals surface area contributed by atoms with Gasteiger partial charge in [0.1, 0.15) is 0 Å². The maximum absolute atomic E-state index is 9.25. The van der Waals surface area contributed by atoms with Gasteiger partial charge in [-0.2, -0.15) is 0 Å². The predicted octanol–water partition coefficient (Wildman–Crippen LogP) is 2.20. The number of aliphatic carboxylic acids is 1. The number of hydrogen-bond donors (Lipinski definition) is 1. The fourth-order valence-electron chi connectivity index (χ4n) is 0.282. The van der Waals surface area contributed by atoms with Crippen LogP contribution in [0.4, 0.5) is 0 Å². The summed E-state index contributed by atoms with van der Waals surface area (Å²) in [6.45, 7) is 7.83. The van der Waals surface area contributed by atoms with Crippen molar-refractivity contribution in [2.75, 3.05) is 6.61 Å². The first kappa shape index (κ1) is 13.3. The van der Waals surface area contributed by atoms with Crippen LogP contribution in [-0.2, 0) is 9.53 Å². The number of carboxylic acids is 1. The molecule has 0 spiro atoms. The van der Waals surface area contributed by atoms with E-state index in [9.17, 15) is 4.79 Å². The summed E-state index contributed by atoms with van der Waals surface area (Å²) in [4.78, 5) is 9.25. The van der Waals surface area contributed by atoms with Gasteiger partial charge in [0.25, 0.3) is 0 Å². The number of ether oxygens (including phenoxy) is 1. The lowest BCUT2D eigenvalue weighted by atomic mass is 10.5. The third-order valence-electron chi connectivity index (χ3n) is 0.729. The first-order valence-corrected chi connectivity index (χ1v) is 3.77. The Hall–Kier alpha value is -1.25. The third-order valence-corrected chi connectivity index (χ3v) is 0.729. The average Bonchev–Trinajstić information content (AvgIpc) is 2.07. The highest BCUT2D eigenvalue weighted by Gasteiger charge is 1.73. The molecule has 0 rings (SSSR count). The smallest absolute Gasteiger partial charge is 0.327 e. The van der Waals surface area contributed by atoms with Crippen LogP contribution >= 0.6 is 0 Å². The van der Waals surface area contributed by atoms with Crippen LogP contribution < -0.4 is 0 Å². The van der Waals surface area contributed by atoms with Crippen LogP contribution in [0.1, 0.15) is 20.3 Å². The fraction of sp³-hybridized carbons (Fsp3) is 0.444. The van der Waals surface area contributed by atoms with Crippen molar-refractivity contribution >= 4 is 5.97 Å². The van der Waals surface area contributed by atoms with Crippen molar-refractivity contribution in [3.8, 4) is 0 Å². The second kappa shape index (κ2) is 12.4. The molecular weight excluding hydrogens is 156 g/mol. The zero-order chi connectivity index (χ0) is 9.82. The number of carboxylic acid groups (broad SMARTS) is 1. The summed E-state index contributed by atoms with van der Waals surface area (Å²) in [5.74, 6) is -0.981. The van der Waals surface area contributed by atoms with Gasteiger partial charge in [0, 0.05) is 6.08 Å². The van der Waals surface area contributed by atoms with E-state index in [1.165, 1.54) is 0 Å². The summed E-state index contributed by atoms with van der Waals surface area (Å²) >= 11 is 0. The summed E-state index contributed by atoms with van der Waals surface area (Å²) in [6, 6.07) is 0. The van der Waals surface area contributed by atoms with E-state index < -0.39 is 5.97 Å². The highest BCUT2D eigenvalue weighted by molar-refractivity contribution is 5.78. The van der Waals surface area contributed by atoms with Gasteiger partial charge in [-0.25, -0.2) is 4.79 Å². The molecule has 70 valence electrons. The first-order chi connectivity index (χ1) is 5.68. The molecule has 0 heterocycles. The molecule has 0 aliphatic rings. The largest absolute Gasteiger partial charge is 0.502 e. The van der Waals surface area contributed by atoms with Crippen molar-refractivity contribution in [2.24, 2.45) is 0 Å². The van der Waals surface area contributed by atoms with Crippen molar-refractivity contribution < 1.29 is 14.6 Å². The van der Waals surface area contributed by atoms with E-state index in [0.717, 1.165) is 19.1 Å². The molecule has 0 saturated carbocycles. The highest BCUT2D eigenvalue weighted by Crippen LogP contribution is 1.79. The molecule has 0 fully saturated rings. The molecule has 1 N–H and O–H groups in total. The van der Waals surface area contributed by atoms with Crippen LogP contribution in [0.2, 0.25) is 0 Å². The van der Waals surface area contributed by atoms with Crippen molar-refractivity contribution in [3.05, 3.63) is 25.0 Å². The predicted molar refractivity (Wildman–Crippen MR) is 48.9 cm³/mol. The number of allylic oxidation sites excluding steroid dienone is 1. The van der Waals surface area contributed by atoms with Gasteiger partial charge in [-0.15, -0.1) is 0 Å². The zero-order valence-electron chi connectivity index (χ0n) is 7.62. The summed E-state index contributed by atoms with van der Waals surface area (Å²) < 4.78 is 4.95. The van der Waals surface area contributed by atoms with E-state index in [0.29, 0.717) is 0 Å². The summed E-state index contributed by atoms with van der Waals surface area (Å²) in [7, 11) is 0. The molecule has 0 radical (unpaired) electrons. The summed E-state index contributed by atoms with van der Waals surface area (Å²) in [5, 5.41) is 7.60. The topological polar surface area (TPSA) is 46.5 Å². The van der Waals surface area contributed by atoms with Gasteiger partial charge < -0.3 is 9.84 Å². The minimum absolute atomic E-state index is 0.833. The minimum Gasteiger partial charge on any atom is -0.502 e. The van der Waals surface area contributed by atoms with Gasteiger partial charge >= 0.3 is 5.97 Å². The van der Waals surface area contributed by atoms with E-state index in [2.05, 4.69) is 13.5 Å². The van der Waals surface area contributed by atoms with Crippen LogP contribution in [-0.4, -0.2) is 17.7 Å². The van der Waals surface area contributed by atoms with E-state index in [4.69, 9.17) is 9.84 Å². The highest BCUT2D eigenvalue weighted by atomic mass is 16.5. The third kappa shape index (κ3) is 23.3. The summed E-state index contributed by atoms with van der Waals surface area (Å²) in [6.07, 6.45) is 5.52. The van der Waals surface area contributed by atoms with Crippen LogP contribution in [0.25, 0.3) is 0 Å². The molecule has 0 aliphatic carbocycles. The van der Waals surface area contributed by atoms with Gasteiger partial charge in [-0.05, 0) is 13.3 Å². The van der Waals surface area contributed by atoms with Crippen LogP contribution in [0.5, 0.6) is 0 Å². The summed E-state index contributed by atoms with van der Waals surface area (Å²) in [5.41, 5.74) is 0. The lowest BCUT2D eigenvalue weighted by Crippen LogP contribution is -1.82. The van der Waals surface area contributed by atoms with Gasteiger partial charge in [0.2, 0.25) is 0 Å². The molecule has 0 saturated heterocycles.